The molecular weight excluding hydrogens is 425 g/mol. The molecule has 0 saturated carbocycles. The maximum absolute atomic E-state index is 13.9. The zero-order chi connectivity index (χ0) is 22.2. The van der Waals surface area contributed by atoms with Crippen molar-refractivity contribution in [1.29, 1.82) is 0 Å². The van der Waals surface area contributed by atoms with Gasteiger partial charge in [0.05, 0.1) is 43.6 Å². The monoisotopic (exact) mass is 451 g/mol. The molecular formula is C20H26FN5O4S. The second-order valence-corrected chi connectivity index (χ2v) is 10.7. The van der Waals surface area contributed by atoms with E-state index in [-0.39, 0.29) is 31.3 Å². The molecule has 3 heterocycles. The number of nitrogens with one attached hydrogen (secondary N) is 1. The molecule has 4 rings (SSSR count). The number of aromatic nitrogens is 3. The predicted molar refractivity (Wildman–Crippen MR) is 110 cm³/mol. The van der Waals surface area contributed by atoms with E-state index < -0.39 is 20.9 Å². The van der Waals surface area contributed by atoms with Crippen LogP contribution in [0.1, 0.15) is 37.2 Å². The molecule has 2 aromatic rings. The van der Waals surface area contributed by atoms with Crippen LogP contribution in [-0.2, 0) is 45.7 Å². The number of nitrogens with zero attached hydrogens (tertiary/aromatic N) is 4. The van der Waals surface area contributed by atoms with Gasteiger partial charge in [-0.05, 0) is 31.9 Å². The van der Waals surface area contributed by atoms with Crippen molar-refractivity contribution in [3.63, 3.8) is 0 Å². The number of carbonyl (C=O) groups is 1. The Balaban J connectivity index is 1.40. The normalized spacial score (nSPS) is 21.1. The topological polar surface area (TPSA) is 106 Å². The zero-order valence-electron chi connectivity index (χ0n) is 17.5. The van der Waals surface area contributed by atoms with Gasteiger partial charge in [0, 0.05) is 6.54 Å². The van der Waals surface area contributed by atoms with Gasteiger partial charge >= 0.3 is 0 Å². The molecule has 1 N–H and O–H groups in total. The first kappa shape index (κ1) is 21.8. The fourth-order valence-electron chi connectivity index (χ4n) is 3.89. The standard InChI is InChI=1S/C20H26FN5O4S/c1-14(2)31(28,29)22-10-17-18-11-30-20(13-26(18)24-23-17)7-8-25(12-20)19(27)9-15-5-3-4-6-16(15)21/h3-6,14,22H,7-13H2,1-2H3. The maximum Gasteiger partial charge on any atom is 0.227 e. The number of halogens is 1. The number of likely N-dealkylation sites (tertiary alicyclic amines) is 1. The van der Waals surface area contributed by atoms with Crippen molar-refractivity contribution in [1.82, 2.24) is 24.6 Å². The summed E-state index contributed by atoms with van der Waals surface area (Å²) in [7, 11) is -3.41. The van der Waals surface area contributed by atoms with Gasteiger partial charge in [0.25, 0.3) is 0 Å². The van der Waals surface area contributed by atoms with Crippen LogP contribution in [0.3, 0.4) is 0 Å². The number of rotatable bonds is 6. The van der Waals surface area contributed by atoms with Crippen molar-refractivity contribution in [2.75, 3.05) is 13.1 Å². The van der Waals surface area contributed by atoms with Gasteiger partial charge in [0.2, 0.25) is 15.9 Å². The minimum absolute atomic E-state index is 0.0114. The van der Waals surface area contributed by atoms with Crippen LogP contribution < -0.4 is 4.72 Å². The van der Waals surface area contributed by atoms with Gasteiger partial charge in [-0.1, -0.05) is 23.4 Å². The Morgan fingerprint density at radius 1 is 1.32 bits per heavy atom. The van der Waals surface area contributed by atoms with Crippen molar-refractivity contribution in [3.8, 4) is 0 Å². The van der Waals surface area contributed by atoms with Crippen LogP contribution in [0.5, 0.6) is 0 Å². The zero-order valence-corrected chi connectivity index (χ0v) is 18.4. The van der Waals surface area contributed by atoms with E-state index in [2.05, 4.69) is 15.0 Å². The largest absolute Gasteiger partial charge is 0.365 e. The Bertz CT molecular complexity index is 1090. The third kappa shape index (κ3) is 4.48. The summed E-state index contributed by atoms with van der Waals surface area (Å²) >= 11 is 0. The molecule has 2 aliphatic rings. The summed E-state index contributed by atoms with van der Waals surface area (Å²) in [6, 6.07) is 6.28. The first-order valence-electron chi connectivity index (χ1n) is 10.2. The van der Waals surface area contributed by atoms with Crippen molar-refractivity contribution in [2.24, 2.45) is 0 Å². The summed E-state index contributed by atoms with van der Waals surface area (Å²) in [6.07, 6.45) is 0.655. The van der Waals surface area contributed by atoms with E-state index in [1.54, 1.807) is 41.6 Å². The average Bonchev–Trinajstić information content (AvgIpc) is 3.32. The summed E-state index contributed by atoms with van der Waals surface area (Å²) in [5.41, 5.74) is 1.07. The Hall–Kier alpha value is -2.37. The summed E-state index contributed by atoms with van der Waals surface area (Å²) in [5, 5.41) is 7.75. The Labute approximate surface area is 180 Å². The fourth-order valence-corrected chi connectivity index (χ4v) is 4.56. The number of ether oxygens (including phenoxy) is 1. The summed E-state index contributed by atoms with van der Waals surface area (Å²) in [4.78, 5) is 14.4. The molecule has 1 spiro atoms. The molecule has 9 nitrogen and oxygen atoms in total. The summed E-state index contributed by atoms with van der Waals surface area (Å²) in [6.45, 7) is 4.86. The van der Waals surface area contributed by atoms with Gasteiger partial charge in [-0.2, -0.15) is 0 Å². The number of hydrogen-bond donors (Lipinski definition) is 1. The molecule has 1 fully saturated rings. The third-order valence-corrected chi connectivity index (χ3v) is 7.69. The maximum atomic E-state index is 13.9. The third-order valence-electron chi connectivity index (χ3n) is 5.90. The lowest BCUT2D eigenvalue weighted by atomic mass is 10.0. The van der Waals surface area contributed by atoms with Crippen LogP contribution in [-0.4, -0.2) is 58.2 Å². The van der Waals surface area contributed by atoms with Crippen molar-refractivity contribution >= 4 is 15.9 Å². The van der Waals surface area contributed by atoms with E-state index in [4.69, 9.17) is 4.74 Å². The van der Waals surface area contributed by atoms with Gasteiger partial charge in [-0.15, -0.1) is 5.10 Å². The predicted octanol–water partition coefficient (Wildman–Crippen LogP) is 0.989. The van der Waals surface area contributed by atoms with Gasteiger partial charge < -0.3 is 9.64 Å². The molecule has 0 bridgehead atoms. The number of sulfonamides is 1. The molecule has 0 aliphatic carbocycles. The second-order valence-electron chi connectivity index (χ2n) is 8.36. The van der Waals surface area contributed by atoms with Crippen LogP contribution in [0.15, 0.2) is 24.3 Å². The Morgan fingerprint density at radius 2 is 2.10 bits per heavy atom. The van der Waals surface area contributed by atoms with Gasteiger partial charge in [0.1, 0.15) is 17.1 Å². The van der Waals surface area contributed by atoms with Gasteiger partial charge in [-0.3, -0.25) is 4.79 Å². The number of benzene rings is 1. The minimum Gasteiger partial charge on any atom is -0.365 e. The van der Waals surface area contributed by atoms with Gasteiger partial charge in [0.15, 0.2) is 0 Å². The van der Waals surface area contributed by atoms with Crippen LogP contribution in [0.25, 0.3) is 0 Å². The second kappa shape index (κ2) is 8.29. The quantitative estimate of drug-likeness (QED) is 0.702. The van der Waals surface area contributed by atoms with Crippen molar-refractivity contribution in [3.05, 3.63) is 47.0 Å². The Morgan fingerprint density at radius 3 is 2.84 bits per heavy atom. The minimum atomic E-state index is -3.41. The molecule has 1 unspecified atom stereocenters. The first-order chi connectivity index (χ1) is 14.7. The van der Waals surface area contributed by atoms with Crippen LogP contribution in [0.4, 0.5) is 4.39 Å². The summed E-state index contributed by atoms with van der Waals surface area (Å²) < 4.78 is 48.3. The number of hydrogen-bond acceptors (Lipinski definition) is 6. The van der Waals surface area contributed by atoms with Crippen LogP contribution >= 0.6 is 0 Å². The molecule has 31 heavy (non-hydrogen) atoms. The highest BCUT2D eigenvalue weighted by Gasteiger charge is 2.44. The molecule has 1 amide bonds. The lowest BCUT2D eigenvalue weighted by Crippen LogP contribution is -2.45. The summed E-state index contributed by atoms with van der Waals surface area (Å²) in [5.74, 6) is -0.523. The van der Waals surface area contributed by atoms with E-state index in [9.17, 15) is 17.6 Å². The molecule has 11 heteroatoms. The molecule has 1 aromatic carbocycles. The number of amides is 1. The lowest BCUT2D eigenvalue weighted by molar-refractivity contribution is -0.132. The highest BCUT2D eigenvalue weighted by atomic mass is 32.2. The lowest BCUT2D eigenvalue weighted by Gasteiger charge is -2.34. The van der Waals surface area contributed by atoms with E-state index >= 15 is 0 Å². The van der Waals surface area contributed by atoms with E-state index in [1.165, 1.54) is 6.07 Å². The first-order valence-corrected chi connectivity index (χ1v) is 11.8. The molecule has 1 atom stereocenters. The highest BCUT2D eigenvalue weighted by molar-refractivity contribution is 7.90. The number of fused-ring (bicyclic) bond motifs is 1. The van der Waals surface area contributed by atoms with E-state index in [0.717, 1.165) is 5.69 Å². The number of carbonyl (C=O) groups excluding carboxylic acids is 1. The van der Waals surface area contributed by atoms with E-state index in [0.29, 0.717) is 37.3 Å². The fraction of sp³-hybridized carbons (Fsp3) is 0.550. The van der Waals surface area contributed by atoms with Crippen molar-refractivity contribution in [2.45, 2.75) is 57.2 Å². The highest BCUT2D eigenvalue weighted by Crippen LogP contribution is 2.33. The smallest absolute Gasteiger partial charge is 0.227 e. The van der Waals surface area contributed by atoms with Crippen molar-refractivity contribution < 1.29 is 22.3 Å². The van der Waals surface area contributed by atoms with Crippen LogP contribution in [0, 0.1) is 5.82 Å². The van der Waals surface area contributed by atoms with Crippen LogP contribution in [0.2, 0.25) is 0 Å². The van der Waals surface area contributed by atoms with Gasteiger partial charge in [-0.25, -0.2) is 22.2 Å². The molecule has 168 valence electrons. The Kier molecular flexibility index (Phi) is 5.84. The average molecular weight is 452 g/mol. The molecule has 1 aromatic heterocycles. The SMILES string of the molecule is CC(C)S(=O)(=O)NCc1nnn2c1COC1(CCN(C(=O)Cc3ccccc3F)C1)C2. The van der Waals surface area contributed by atoms with E-state index in [1.807, 2.05) is 0 Å². The molecule has 2 aliphatic heterocycles. The molecule has 1 saturated heterocycles. The molecule has 0 radical (unpaired) electrons.